The van der Waals surface area contributed by atoms with Gasteiger partial charge in [-0.1, -0.05) is 0 Å². The van der Waals surface area contributed by atoms with Gasteiger partial charge in [0.05, 0.1) is 7.11 Å². The van der Waals surface area contributed by atoms with Gasteiger partial charge in [-0.25, -0.2) is 0 Å². The zero-order valence-corrected chi connectivity index (χ0v) is 10.8. The van der Waals surface area contributed by atoms with E-state index < -0.39 is 5.60 Å². The highest BCUT2D eigenvalue weighted by molar-refractivity contribution is 5.45. The molecule has 0 aliphatic carbocycles. The number of piperidine rings is 1. The topological polar surface area (TPSA) is 41.5 Å². The van der Waals surface area contributed by atoms with Crippen LogP contribution in [0.15, 0.2) is 12.1 Å². The quantitative estimate of drug-likeness (QED) is 0.822. The molecule has 1 heterocycles. The lowest BCUT2D eigenvalue weighted by Gasteiger charge is -2.34. The summed E-state index contributed by atoms with van der Waals surface area (Å²) in [7, 11) is 1.66. The third kappa shape index (κ3) is 2.31. The van der Waals surface area contributed by atoms with Crippen molar-refractivity contribution in [3.8, 4) is 5.75 Å². The van der Waals surface area contributed by atoms with Gasteiger partial charge in [-0.05, 0) is 56.5 Å². The molecule has 1 unspecified atom stereocenters. The second kappa shape index (κ2) is 4.67. The third-order valence-corrected chi connectivity index (χ3v) is 3.68. The highest BCUT2D eigenvalue weighted by atomic mass is 16.5. The van der Waals surface area contributed by atoms with E-state index >= 15 is 0 Å². The van der Waals surface area contributed by atoms with Crippen LogP contribution in [-0.2, 0) is 5.60 Å². The Balaban J connectivity index is 2.45. The summed E-state index contributed by atoms with van der Waals surface area (Å²) in [5.41, 5.74) is 2.51. The smallest absolute Gasteiger partial charge is 0.125 e. The van der Waals surface area contributed by atoms with Gasteiger partial charge in [0.25, 0.3) is 0 Å². The molecule has 17 heavy (non-hydrogen) atoms. The van der Waals surface area contributed by atoms with Crippen LogP contribution in [0, 0.1) is 13.8 Å². The maximum absolute atomic E-state index is 10.7. The molecule has 3 nitrogen and oxygen atoms in total. The van der Waals surface area contributed by atoms with Gasteiger partial charge >= 0.3 is 0 Å². The molecule has 0 radical (unpaired) electrons. The lowest BCUT2D eigenvalue weighted by Crippen LogP contribution is -2.43. The van der Waals surface area contributed by atoms with Crippen LogP contribution < -0.4 is 10.1 Å². The average Bonchev–Trinajstić information content (AvgIpc) is 2.33. The van der Waals surface area contributed by atoms with Gasteiger partial charge in [-0.2, -0.15) is 0 Å². The predicted molar refractivity (Wildman–Crippen MR) is 68.5 cm³/mol. The summed E-state index contributed by atoms with van der Waals surface area (Å²) in [6, 6.07) is 4.07. The Bertz CT molecular complexity index is 409. The third-order valence-electron chi connectivity index (χ3n) is 3.68. The maximum atomic E-state index is 10.7. The van der Waals surface area contributed by atoms with Crippen LogP contribution in [-0.4, -0.2) is 25.3 Å². The van der Waals surface area contributed by atoms with Crippen LogP contribution in [0.4, 0.5) is 0 Å². The Kier molecular flexibility index (Phi) is 3.40. The number of hydrogen-bond acceptors (Lipinski definition) is 3. The van der Waals surface area contributed by atoms with E-state index in [-0.39, 0.29) is 0 Å². The monoisotopic (exact) mass is 235 g/mol. The highest BCUT2D eigenvalue weighted by Gasteiger charge is 2.34. The van der Waals surface area contributed by atoms with Gasteiger partial charge in [0.1, 0.15) is 11.4 Å². The first-order valence-corrected chi connectivity index (χ1v) is 6.15. The van der Waals surface area contributed by atoms with Crippen molar-refractivity contribution in [1.82, 2.24) is 5.32 Å². The molecule has 0 aromatic heterocycles. The summed E-state index contributed by atoms with van der Waals surface area (Å²) >= 11 is 0. The lowest BCUT2D eigenvalue weighted by molar-refractivity contribution is 0.0102. The number of aliphatic hydroxyl groups is 1. The van der Waals surface area contributed by atoms with E-state index in [1.165, 1.54) is 11.1 Å². The van der Waals surface area contributed by atoms with Crippen molar-refractivity contribution < 1.29 is 9.84 Å². The van der Waals surface area contributed by atoms with E-state index in [9.17, 15) is 5.11 Å². The summed E-state index contributed by atoms with van der Waals surface area (Å²) in [6.07, 6.45) is 1.78. The fourth-order valence-electron chi connectivity index (χ4n) is 2.44. The summed E-state index contributed by atoms with van der Waals surface area (Å²) in [4.78, 5) is 0. The molecule has 2 N–H and O–H groups in total. The molecule has 0 bridgehead atoms. The van der Waals surface area contributed by atoms with Crippen LogP contribution in [0.1, 0.15) is 29.5 Å². The largest absolute Gasteiger partial charge is 0.496 e. The van der Waals surface area contributed by atoms with Crippen molar-refractivity contribution in [1.29, 1.82) is 0 Å². The maximum Gasteiger partial charge on any atom is 0.125 e. The van der Waals surface area contributed by atoms with Crippen LogP contribution in [0.3, 0.4) is 0 Å². The molecule has 1 aromatic carbocycles. The summed E-state index contributed by atoms with van der Waals surface area (Å²) < 4.78 is 5.41. The SMILES string of the molecule is COc1cc(C)c(C)cc1C1(O)CCCNC1. The Morgan fingerprint density at radius 3 is 2.59 bits per heavy atom. The van der Waals surface area contributed by atoms with Crippen molar-refractivity contribution in [2.45, 2.75) is 32.3 Å². The fourth-order valence-corrected chi connectivity index (χ4v) is 2.44. The second-order valence-corrected chi connectivity index (χ2v) is 4.95. The first-order valence-electron chi connectivity index (χ1n) is 6.15. The van der Waals surface area contributed by atoms with Gasteiger partial charge in [-0.15, -0.1) is 0 Å². The summed E-state index contributed by atoms with van der Waals surface area (Å²) in [5, 5.41) is 14.0. The molecule has 1 aliphatic heterocycles. The van der Waals surface area contributed by atoms with Gasteiger partial charge in [0.2, 0.25) is 0 Å². The molecule has 3 heteroatoms. The zero-order valence-electron chi connectivity index (χ0n) is 10.8. The van der Waals surface area contributed by atoms with Crippen LogP contribution >= 0.6 is 0 Å². The van der Waals surface area contributed by atoms with Crippen molar-refractivity contribution in [3.63, 3.8) is 0 Å². The Morgan fingerprint density at radius 2 is 2.00 bits per heavy atom. The van der Waals surface area contributed by atoms with E-state index in [1.54, 1.807) is 7.11 Å². The number of β-amino-alcohol motifs (C(OH)–C–C–N with tert-alkyl or cyclic N) is 1. The zero-order chi connectivity index (χ0) is 12.5. The molecule has 0 saturated carbocycles. The molecule has 1 aliphatic rings. The van der Waals surface area contributed by atoms with E-state index in [1.807, 2.05) is 6.07 Å². The molecular weight excluding hydrogens is 214 g/mol. The minimum atomic E-state index is -0.790. The number of methoxy groups -OCH3 is 1. The van der Waals surface area contributed by atoms with E-state index in [2.05, 4.69) is 25.2 Å². The molecule has 1 aromatic rings. The molecule has 1 fully saturated rings. The summed E-state index contributed by atoms with van der Waals surface area (Å²) in [6.45, 7) is 5.71. The first-order chi connectivity index (χ1) is 8.07. The van der Waals surface area contributed by atoms with E-state index in [4.69, 9.17) is 4.74 Å². The Hall–Kier alpha value is -1.06. The Morgan fingerprint density at radius 1 is 1.29 bits per heavy atom. The van der Waals surface area contributed by atoms with Gasteiger partial charge in [-0.3, -0.25) is 0 Å². The van der Waals surface area contributed by atoms with Crippen molar-refractivity contribution in [3.05, 3.63) is 28.8 Å². The standard InChI is InChI=1S/C14H21NO2/c1-10-7-12(13(17-3)8-11(10)2)14(16)5-4-6-15-9-14/h7-8,15-16H,4-6,9H2,1-3H3. The minimum absolute atomic E-state index is 0.603. The molecule has 94 valence electrons. The predicted octanol–water partition coefficient (Wildman–Crippen LogP) is 1.88. The number of ether oxygens (including phenoxy) is 1. The van der Waals surface area contributed by atoms with Crippen LogP contribution in [0.25, 0.3) is 0 Å². The number of nitrogens with one attached hydrogen (secondary N) is 1. The molecular formula is C14H21NO2. The Labute approximate surface area is 103 Å². The summed E-state index contributed by atoms with van der Waals surface area (Å²) in [5.74, 6) is 0.791. The van der Waals surface area contributed by atoms with Gasteiger partial charge in [0.15, 0.2) is 0 Å². The van der Waals surface area contributed by atoms with Crippen molar-refractivity contribution in [2.24, 2.45) is 0 Å². The average molecular weight is 235 g/mol. The number of rotatable bonds is 2. The lowest BCUT2D eigenvalue weighted by atomic mass is 9.84. The number of benzene rings is 1. The molecule has 2 rings (SSSR count). The van der Waals surface area contributed by atoms with Gasteiger partial charge in [0, 0.05) is 12.1 Å². The van der Waals surface area contributed by atoms with E-state index in [0.717, 1.165) is 30.7 Å². The van der Waals surface area contributed by atoms with Crippen molar-refractivity contribution in [2.75, 3.05) is 20.2 Å². The number of aryl methyl sites for hydroxylation is 2. The fraction of sp³-hybridized carbons (Fsp3) is 0.571. The molecule has 1 saturated heterocycles. The van der Waals surface area contributed by atoms with Crippen LogP contribution in [0.5, 0.6) is 5.75 Å². The second-order valence-electron chi connectivity index (χ2n) is 4.95. The van der Waals surface area contributed by atoms with Crippen LogP contribution in [0.2, 0.25) is 0 Å². The highest BCUT2D eigenvalue weighted by Crippen LogP contribution is 2.36. The van der Waals surface area contributed by atoms with Gasteiger partial charge < -0.3 is 15.2 Å². The van der Waals surface area contributed by atoms with Crippen molar-refractivity contribution >= 4 is 0 Å². The van der Waals surface area contributed by atoms with E-state index in [0.29, 0.717) is 6.54 Å². The minimum Gasteiger partial charge on any atom is -0.496 e. The normalized spacial score (nSPS) is 24.7. The number of hydrogen-bond donors (Lipinski definition) is 2. The molecule has 0 spiro atoms. The molecule has 1 atom stereocenters. The first kappa shape index (κ1) is 12.4. The molecule has 0 amide bonds.